The average Bonchev–Trinajstić information content (AvgIpc) is 2.87. The average molecular weight is 278 g/mol. The van der Waals surface area contributed by atoms with Gasteiger partial charge in [-0.2, -0.15) is 0 Å². The third-order valence-electron chi connectivity index (χ3n) is 3.64. The van der Waals surface area contributed by atoms with Gasteiger partial charge in [0.05, 0.1) is 6.54 Å². The smallest absolute Gasteiger partial charge is 0.234 e. The summed E-state index contributed by atoms with van der Waals surface area (Å²) >= 11 is 0. The molecule has 2 amide bonds. The maximum atomic E-state index is 11.9. The molecule has 0 saturated carbocycles. The zero-order chi connectivity index (χ0) is 14.5. The molecule has 6 heteroatoms. The van der Waals surface area contributed by atoms with E-state index in [9.17, 15) is 9.59 Å². The molecule has 2 rings (SSSR count). The number of hydrogen-bond acceptors (Lipinski definition) is 3. The van der Waals surface area contributed by atoms with E-state index in [1.807, 2.05) is 6.07 Å². The third kappa shape index (κ3) is 3.60. The zero-order valence-electron chi connectivity index (χ0n) is 12.1. The summed E-state index contributed by atoms with van der Waals surface area (Å²) in [6, 6.07) is 4.40. The van der Waals surface area contributed by atoms with E-state index >= 15 is 0 Å². The topological polar surface area (TPSA) is 66.4 Å². The van der Waals surface area contributed by atoms with E-state index < -0.39 is 0 Å². The minimum atomic E-state index is -0.0790. The van der Waals surface area contributed by atoms with Gasteiger partial charge in [0.1, 0.15) is 0 Å². The largest absolute Gasteiger partial charge is 0.355 e. The van der Waals surface area contributed by atoms with Crippen LogP contribution in [-0.4, -0.2) is 47.5 Å². The number of aromatic nitrogens is 1. The lowest BCUT2D eigenvalue weighted by molar-refractivity contribution is -0.123. The van der Waals surface area contributed by atoms with Crippen LogP contribution >= 0.6 is 0 Å². The number of carbonyl (C=O) groups excluding carboxylic acids is 2. The van der Waals surface area contributed by atoms with Crippen LogP contribution in [0.3, 0.4) is 0 Å². The molecule has 6 nitrogen and oxygen atoms in total. The van der Waals surface area contributed by atoms with Crippen LogP contribution in [0.25, 0.3) is 0 Å². The van der Waals surface area contributed by atoms with Crippen LogP contribution in [0, 0.1) is 0 Å². The van der Waals surface area contributed by atoms with Crippen LogP contribution in [0.2, 0.25) is 0 Å². The van der Waals surface area contributed by atoms with Gasteiger partial charge in [0.25, 0.3) is 0 Å². The van der Waals surface area contributed by atoms with E-state index in [2.05, 4.69) is 39.3 Å². The van der Waals surface area contributed by atoms with Gasteiger partial charge in [-0.15, -0.1) is 0 Å². The first-order valence-electron chi connectivity index (χ1n) is 6.98. The van der Waals surface area contributed by atoms with Crippen molar-refractivity contribution in [2.45, 2.75) is 26.4 Å². The Hall–Kier alpha value is -1.82. The number of fused-ring (bicyclic) bond motifs is 1. The minimum Gasteiger partial charge on any atom is -0.355 e. The molecule has 20 heavy (non-hydrogen) atoms. The molecule has 1 aromatic rings. The minimum absolute atomic E-state index is 0.00204. The summed E-state index contributed by atoms with van der Waals surface area (Å²) in [5.41, 5.74) is 1.25. The lowest BCUT2D eigenvalue weighted by atomic mass is 10.1. The number of nitrogens with one attached hydrogen (secondary N) is 2. The van der Waals surface area contributed by atoms with Crippen molar-refractivity contribution >= 4 is 11.8 Å². The van der Waals surface area contributed by atoms with Crippen molar-refractivity contribution in [3.63, 3.8) is 0 Å². The van der Waals surface area contributed by atoms with E-state index in [4.69, 9.17) is 0 Å². The van der Waals surface area contributed by atoms with Gasteiger partial charge in [-0.1, -0.05) is 0 Å². The van der Waals surface area contributed by atoms with E-state index in [-0.39, 0.29) is 17.9 Å². The van der Waals surface area contributed by atoms with Crippen LogP contribution in [0.4, 0.5) is 0 Å². The van der Waals surface area contributed by atoms with Gasteiger partial charge < -0.3 is 15.2 Å². The van der Waals surface area contributed by atoms with Gasteiger partial charge in [0, 0.05) is 51.0 Å². The summed E-state index contributed by atoms with van der Waals surface area (Å²) < 4.78 is 2.23. The molecule has 0 fully saturated rings. The van der Waals surface area contributed by atoms with Crippen molar-refractivity contribution in [3.05, 3.63) is 24.0 Å². The highest BCUT2D eigenvalue weighted by Crippen LogP contribution is 2.24. The Balaban J connectivity index is 1.76. The summed E-state index contributed by atoms with van der Waals surface area (Å²) in [5, 5.41) is 5.47. The Morgan fingerprint density at radius 2 is 2.05 bits per heavy atom. The summed E-state index contributed by atoms with van der Waals surface area (Å²) in [6.07, 6.45) is 2.08. The fraction of sp³-hybridized carbons (Fsp3) is 0.571. The second-order valence-electron chi connectivity index (χ2n) is 5.11. The van der Waals surface area contributed by atoms with Crippen LogP contribution < -0.4 is 10.6 Å². The number of carbonyl (C=O) groups is 2. The molecule has 0 aromatic carbocycles. The van der Waals surface area contributed by atoms with Crippen LogP contribution in [-0.2, 0) is 16.1 Å². The van der Waals surface area contributed by atoms with E-state index in [0.717, 1.165) is 13.1 Å². The Bertz CT molecular complexity index is 483. The van der Waals surface area contributed by atoms with E-state index in [1.54, 1.807) is 0 Å². The molecule has 1 atom stereocenters. The standard InChI is InChI=1S/C14H22N4O2/c1-11-13-4-3-7-17(13)8-9-18(11)10-14(20)16-6-5-15-12(2)19/h3-4,7,11H,5-6,8-10H2,1-2H3,(H,15,19)(H,16,20). The number of hydrogen-bond donors (Lipinski definition) is 2. The highest BCUT2D eigenvalue weighted by Gasteiger charge is 2.24. The highest BCUT2D eigenvalue weighted by molar-refractivity contribution is 5.78. The molecule has 1 unspecified atom stereocenters. The molecule has 0 saturated heterocycles. The second-order valence-corrected chi connectivity index (χ2v) is 5.11. The lowest BCUT2D eigenvalue weighted by Crippen LogP contribution is -2.44. The van der Waals surface area contributed by atoms with Crippen molar-refractivity contribution in [2.75, 3.05) is 26.2 Å². The Morgan fingerprint density at radius 3 is 2.80 bits per heavy atom. The summed E-state index contributed by atoms with van der Waals surface area (Å²) in [4.78, 5) is 24.8. The van der Waals surface area contributed by atoms with Gasteiger partial charge in [-0.05, 0) is 19.1 Å². The number of nitrogens with zero attached hydrogens (tertiary/aromatic N) is 2. The van der Waals surface area contributed by atoms with Crippen molar-refractivity contribution in [1.29, 1.82) is 0 Å². The number of rotatable bonds is 5. The van der Waals surface area contributed by atoms with Crippen molar-refractivity contribution < 1.29 is 9.59 Å². The maximum Gasteiger partial charge on any atom is 0.234 e. The Morgan fingerprint density at radius 1 is 1.30 bits per heavy atom. The van der Waals surface area contributed by atoms with Crippen molar-refractivity contribution in [3.8, 4) is 0 Å². The predicted octanol–water partition coefficient (Wildman–Crippen LogP) is 0.117. The predicted molar refractivity (Wildman–Crippen MR) is 76.1 cm³/mol. The maximum absolute atomic E-state index is 11.9. The molecule has 1 aromatic heterocycles. The Kier molecular flexibility index (Phi) is 4.79. The van der Waals surface area contributed by atoms with Crippen molar-refractivity contribution in [2.24, 2.45) is 0 Å². The molecule has 0 aliphatic carbocycles. The first-order chi connectivity index (χ1) is 9.58. The zero-order valence-corrected chi connectivity index (χ0v) is 12.1. The summed E-state index contributed by atoms with van der Waals surface area (Å²) in [6.45, 7) is 6.72. The summed E-state index contributed by atoms with van der Waals surface area (Å²) in [7, 11) is 0. The van der Waals surface area contributed by atoms with Crippen LogP contribution in [0.15, 0.2) is 18.3 Å². The van der Waals surface area contributed by atoms with Crippen LogP contribution in [0.1, 0.15) is 25.6 Å². The normalized spacial score (nSPS) is 18.4. The Labute approximate surface area is 119 Å². The molecule has 0 radical (unpaired) electrons. The fourth-order valence-corrected chi connectivity index (χ4v) is 2.52. The molecule has 110 valence electrons. The molecular formula is C14H22N4O2. The molecule has 1 aliphatic rings. The fourth-order valence-electron chi connectivity index (χ4n) is 2.52. The monoisotopic (exact) mass is 278 g/mol. The molecule has 1 aliphatic heterocycles. The lowest BCUT2D eigenvalue weighted by Gasteiger charge is -2.34. The van der Waals surface area contributed by atoms with Gasteiger partial charge in [-0.3, -0.25) is 14.5 Å². The van der Waals surface area contributed by atoms with E-state index in [1.165, 1.54) is 12.6 Å². The first kappa shape index (κ1) is 14.6. The summed E-state index contributed by atoms with van der Waals surface area (Å²) in [5.74, 6) is -0.0770. The highest BCUT2D eigenvalue weighted by atomic mass is 16.2. The number of amides is 2. The SMILES string of the molecule is CC(=O)NCCNC(=O)CN1CCn2cccc2C1C. The van der Waals surface area contributed by atoms with E-state index in [0.29, 0.717) is 19.6 Å². The van der Waals surface area contributed by atoms with Crippen LogP contribution in [0.5, 0.6) is 0 Å². The van der Waals surface area contributed by atoms with Crippen molar-refractivity contribution in [1.82, 2.24) is 20.1 Å². The first-order valence-corrected chi connectivity index (χ1v) is 6.98. The van der Waals surface area contributed by atoms with Gasteiger partial charge >= 0.3 is 0 Å². The second kappa shape index (κ2) is 6.56. The quantitative estimate of drug-likeness (QED) is 0.752. The molecule has 0 spiro atoms. The molecule has 2 heterocycles. The molecule has 2 N–H and O–H groups in total. The van der Waals surface area contributed by atoms with Gasteiger partial charge in [0.15, 0.2) is 0 Å². The molecule has 0 bridgehead atoms. The third-order valence-corrected chi connectivity index (χ3v) is 3.64. The van der Waals surface area contributed by atoms with Gasteiger partial charge in [-0.25, -0.2) is 0 Å². The van der Waals surface area contributed by atoms with Gasteiger partial charge in [0.2, 0.25) is 11.8 Å². The molecular weight excluding hydrogens is 256 g/mol.